The van der Waals surface area contributed by atoms with Crippen LogP contribution in [0.15, 0.2) is 52.5 Å². The predicted octanol–water partition coefficient (Wildman–Crippen LogP) is 4.73. The first-order valence-electron chi connectivity index (χ1n) is 8.30. The van der Waals surface area contributed by atoms with Crippen molar-refractivity contribution in [1.29, 1.82) is 5.26 Å². The Kier molecular flexibility index (Phi) is 5.69. The highest BCUT2D eigenvalue weighted by molar-refractivity contribution is 9.10. The summed E-state index contributed by atoms with van der Waals surface area (Å²) in [6.07, 6.45) is 3.52. The van der Waals surface area contributed by atoms with Gasteiger partial charge in [-0.05, 0) is 60.9 Å². The number of carbonyl (C=O) groups excluding carboxylic acids is 1. The van der Waals surface area contributed by atoms with Crippen LogP contribution >= 0.6 is 15.9 Å². The molecule has 1 fully saturated rings. The molecule has 1 saturated heterocycles. The van der Waals surface area contributed by atoms with Gasteiger partial charge in [0.05, 0.1) is 5.69 Å². The van der Waals surface area contributed by atoms with Gasteiger partial charge in [-0.2, -0.15) is 5.26 Å². The fraction of sp³-hybridized carbons (Fsp3) is 0.200. The van der Waals surface area contributed by atoms with E-state index in [1.807, 2.05) is 11.0 Å². The highest BCUT2D eigenvalue weighted by Gasteiger charge is 2.16. The van der Waals surface area contributed by atoms with E-state index in [9.17, 15) is 14.4 Å². The van der Waals surface area contributed by atoms with Gasteiger partial charge in [0.25, 0.3) is 5.91 Å². The number of nitriles is 1. The molecule has 2 aromatic carbocycles. The van der Waals surface area contributed by atoms with Crippen LogP contribution in [0.1, 0.15) is 18.4 Å². The normalized spacial score (nSPS) is 14.2. The highest BCUT2D eigenvalue weighted by Crippen LogP contribution is 2.25. The molecule has 26 heavy (non-hydrogen) atoms. The number of carbonyl (C=O) groups is 1. The van der Waals surface area contributed by atoms with Crippen LogP contribution in [0.2, 0.25) is 0 Å². The molecular weight excluding hydrogens is 397 g/mol. The molecule has 4 nitrogen and oxygen atoms in total. The summed E-state index contributed by atoms with van der Waals surface area (Å²) in [5, 5.41) is 11.9. The number of halogens is 2. The van der Waals surface area contributed by atoms with E-state index < -0.39 is 5.91 Å². The Morgan fingerprint density at radius 3 is 2.50 bits per heavy atom. The molecule has 132 valence electrons. The fourth-order valence-corrected chi connectivity index (χ4v) is 3.14. The third kappa shape index (κ3) is 4.30. The van der Waals surface area contributed by atoms with E-state index in [0.29, 0.717) is 16.9 Å². The topological polar surface area (TPSA) is 56.1 Å². The summed E-state index contributed by atoms with van der Waals surface area (Å²) in [7, 11) is 0. The van der Waals surface area contributed by atoms with E-state index in [4.69, 9.17) is 0 Å². The van der Waals surface area contributed by atoms with Gasteiger partial charge in [-0.15, -0.1) is 0 Å². The van der Waals surface area contributed by atoms with Crippen LogP contribution in [0.5, 0.6) is 0 Å². The first kappa shape index (κ1) is 18.2. The molecule has 1 aliphatic heterocycles. The monoisotopic (exact) mass is 413 g/mol. The van der Waals surface area contributed by atoms with Crippen molar-refractivity contribution < 1.29 is 9.18 Å². The van der Waals surface area contributed by atoms with E-state index in [2.05, 4.69) is 21.2 Å². The Morgan fingerprint density at radius 1 is 1.19 bits per heavy atom. The van der Waals surface area contributed by atoms with Gasteiger partial charge < -0.3 is 10.2 Å². The number of nitrogens with one attached hydrogen (secondary N) is 1. The molecular formula is C20H17BrFN3O. The van der Waals surface area contributed by atoms with Crippen molar-refractivity contribution in [2.45, 2.75) is 12.8 Å². The summed E-state index contributed by atoms with van der Waals surface area (Å²) >= 11 is 3.32. The summed E-state index contributed by atoms with van der Waals surface area (Å²) in [6.45, 7) is 1.70. The van der Waals surface area contributed by atoms with Gasteiger partial charge in [0.2, 0.25) is 0 Å². The van der Waals surface area contributed by atoms with Crippen molar-refractivity contribution >= 4 is 39.3 Å². The first-order valence-corrected chi connectivity index (χ1v) is 9.09. The molecule has 0 bridgehead atoms. The number of rotatable bonds is 4. The van der Waals surface area contributed by atoms with Crippen molar-refractivity contribution in [2.24, 2.45) is 0 Å². The third-order valence-corrected chi connectivity index (χ3v) is 4.73. The molecule has 0 saturated carbocycles. The largest absolute Gasteiger partial charge is 0.369 e. The summed E-state index contributed by atoms with van der Waals surface area (Å²) in [5.41, 5.74) is 1.54. The van der Waals surface area contributed by atoms with Gasteiger partial charge in [0, 0.05) is 23.2 Å². The average Bonchev–Trinajstić information content (AvgIpc) is 3.16. The Bertz CT molecular complexity index is 881. The number of hydrogen-bond acceptors (Lipinski definition) is 3. The Labute approximate surface area is 160 Å². The molecule has 3 rings (SSSR count). The molecule has 0 aromatic heterocycles. The van der Waals surface area contributed by atoms with Gasteiger partial charge in [0.1, 0.15) is 17.5 Å². The van der Waals surface area contributed by atoms with Crippen LogP contribution in [0, 0.1) is 17.1 Å². The summed E-state index contributed by atoms with van der Waals surface area (Å²) < 4.78 is 15.3. The van der Waals surface area contributed by atoms with E-state index >= 15 is 0 Å². The molecule has 0 aliphatic carbocycles. The maximum atomic E-state index is 14.4. The Balaban J connectivity index is 1.77. The minimum absolute atomic E-state index is 0.0822. The first-order chi connectivity index (χ1) is 12.6. The molecule has 1 heterocycles. The third-order valence-electron chi connectivity index (χ3n) is 4.20. The maximum Gasteiger partial charge on any atom is 0.266 e. The smallest absolute Gasteiger partial charge is 0.266 e. The summed E-state index contributed by atoms with van der Waals surface area (Å²) in [4.78, 5) is 14.3. The van der Waals surface area contributed by atoms with E-state index in [1.165, 1.54) is 12.1 Å². The van der Waals surface area contributed by atoms with Crippen molar-refractivity contribution in [3.05, 3.63) is 63.9 Å². The Hall–Kier alpha value is -2.65. The number of hydrogen-bond donors (Lipinski definition) is 1. The van der Waals surface area contributed by atoms with Crippen LogP contribution in [-0.4, -0.2) is 19.0 Å². The molecule has 1 amide bonds. The minimum atomic E-state index is -0.529. The van der Waals surface area contributed by atoms with Crippen LogP contribution < -0.4 is 10.2 Å². The summed E-state index contributed by atoms with van der Waals surface area (Å²) in [5.74, 6) is -0.870. The van der Waals surface area contributed by atoms with Crippen LogP contribution in [-0.2, 0) is 4.79 Å². The zero-order valence-electron chi connectivity index (χ0n) is 14.0. The fourth-order valence-electron chi connectivity index (χ4n) is 2.87. The van der Waals surface area contributed by atoms with Gasteiger partial charge >= 0.3 is 0 Å². The lowest BCUT2D eigenvalue weighted by Gasteiger charge is -2.18. The molecule has 0 atom stereocenters. The lowest BCUT2D eigenvalue weighted by atomic mass is 10.1. The van der Waals surface area contributed by atoms with Crippen LogP contribution in [0.4, 0.5) is 15.8 Å². The predicted molar refractivity (Wildman–Crippen MR) is 104 cm³/mol. The van der Waals surface area contributed by atoms with Crippen molar-refractivity contribution in [3.63, 3.8) is 0 Å². The molecule has 0 radical (unpaired) electrons. The SMILES string of the molecule is N#C/C(=C/c1ccc(N2CCCC2)c(F)c1)C(=O)Nc1ccc(Br)cc1. The second kappa shape index (κ2) is 8.15. The van der Waals surface area contributed by atoms with Crippen molar-refractivity contribution in [1.82, 2.24) is 0 Å². The van der Waals surface area contributed by atoms with Gasteiger partial charge in [-0.1, -0.05) is 22.0 Å². The number of benzene rings is 2. The molecule has 6 heteroatoms. The van der Waals surface area contributed by atoms with Gasteiger partial charge in [-0.25, -0.2) is 4.39 Å². The number of nitrogens with zero attached hydrogens (tertiary/aromatic N) is 2. The lowest BCUT2D eigenvalue weighted by molar-refractivity contribution is -0.112. The standard InChI is InChI=1S/C20H17BrFN3O/c21-16-4-6-17(7-5-16)24-20(26)15(13-23)11-14-3-8-19(18(22)12-14)25-9-1-2-10-25/h3-8,11-12H,1-2,9-10H2,(H,24,26)/b15-11-. The maximum absolute atomic E-state index is 14.4. The average molecular weight is 414 g/mol. The zero-order chi connectivity index (χ0) is 18.5. The number of anilines is 2. The van der Waals surface area contributed by atoms with E-state index in [1.54, 1.807) is 36.4 Å². The second-order valence-electron chi connectivity index (χ2n) is 6.04. The lowest BCUT2D eigenvalue weighted by Crippen LogP contribution is -2.18. The van der Waals surface area contributed by atoms with E-state index in [-0.39, 0.29) is 11.4 Å². The molecule has 1 N–H and O–H groups in total. The Morgan fingerprint density at radius 2 is 1.88 bits per heavy atom. The van der Waals surface area contributed by atoms with Gasteiger partial charge in [0.15, 0.2) is 0 Å². The quantitative estimate of drug-likeness (QED) is 0.581. The zero-order valence-corrected chi connectivity index (χ0v) is 15.6. The van der Waals surface area contributed by atoms with Crippen LogP contribution in [0.3, 0.4) is 0 Å². The summed E-state index contributed by atoms with van der Waals surface area (Å²) in [6, 6.07) is 13.7. The second-order valence-corrected chi connectivity index (χ2v) is 6.95. The molecule has 1 aliphatic rings. The molecule has 0 spiro atoms. The van der Waals surface area contributed by atoms with Crippen LogP contribution in [0.25, 0.3) is 6.08 Å². The highest BCUT2D eigenvalue weighted by atomic mass is 79.9. The van der Waals surface area contributed by atoms with E-state index in [0.717, 1.165) is 30.4 Å². The van der Waals surface area contributed by atoms with Gasteiger partial charge in [-0.3, -0.25) is 4.79 Å². The van der Waals surface area contributed by atoms with Crippen molar-refractivity contribution in [2.75, 3.05) is 23.3 Å². The number of amides is 1. The molecule has 2 aromatic rings. The van der Waals surface area contributed by atoms with Crippen molar-refractivity contribution in [3.8, 4) is 6.07 Å². The molecule has 0 unspecified atom stereocenters. The minimum Gasteiger partial charge on any atom is -0.369 e.